The van der Waals surface area contributed by atoms with Gasteiger partial charge in [-0.15, -0.1) is 23.5 Å². The van der Waals surface area contributed by atoms with Crippen LogP contribution in [0.15, 0.2) is 187 Å². The van der Waals surface area contributed by atoms with E-state index in [2.05, 4.69) is 106 Å². The van der Waals surface area contributed by atoms with Crippen LogP contribution >= 0.6 is 23.5 Å². The van der Waals surface area contributed by atoms with Gasteiger partial charge in [-0.1, -0.05) is 252 Å². The van der Waals surface area contributed by atoms with Crippen molar-refractivity contribution in [3.63, 3.8) is 0 Å². The van der Waals surface area contributed by atoms with E-state index in [-0.39, 0.29) is 113 Å². The summed E-state index contributed by atoms with van der Waals surface area (Å²) in [6.45, 7) is 12.0. The largest absolute Gasteiger partial charge is 0.481 e. The first-order valence-corrected chi connectivity index (χ1v) is 35.5. The highest BCUT2D eigenvalue weighted by molar-refractivity contribution is 7.98. The minimum absolute atomic E-state index is 0. The van der Waals surface area contributed by atoms with Gasteiger partial charge >= 0.3 is 5.97 Å². The molecular formula is C79H123N5O18S2. The second-order valence-corrected chi connectivity index (χ2v) is 24.1. The van der Waals surface area contributed by atoms with Crippen LogP contribution in [0.2, 0.25) is 0 Å². The van der Waals surface area contributed by atoms with Crippen molar-refractivity contribution in [3.8, 4) is 0 Å². The van der Waals surface area contributed by atoms with Gasteiger partial charge in [0.15, 0.2) is 12.6 Å². The molecule has 8 rings (SSSR count). The molecule has 104 heavy (non-hydrogen) atoms. The van der Waals surface area contributed by atoms with Crippen LogP contribution in [0.25, 0.3) is 10.4 Å². The fraction of sp³-hybridized carbons (Fsp3) is 0.519. The van der Waals surface area contributed by atoms with Crippen LogP contribution in [-0.4, -0.2) is 173 Å². The standard InChI is InChI=1S/C35H45NO8S.C30H36O4S.C3H7N3O2.C3H9NO2.C3H6O2.5CH4/c1-27-31(24-40-20-19-39-18-17-36-32(38)21-37)44-35(43-26-45-25-30-15-9-4-10-16-30)34(42-23-29-13-7-3-8-14-29)33(27)41-22-28-11-5-2-6-12-28;1-3-27-23(2)28(31-19-24-13-7-4-8-14-24)29(32-20-25-15-9-5-10-16-25)30(34-27)33-22-35-21-26-17-11-6-12-18-26;4-6-5-1-2-8-3-7;4-1-2-6-3-5;1-2-3(4)5;;;;;/h2-16,27,31,33-35,37H,17-26H2,1H3,(H,36,38);4-18,23,27-30H,3,19-22H2,1-2H3;7H,1-3H2;5H,1-4H2;2H2,1H3,(H,4,5);5*1H4. The van der Waals surface area contributed by atoms with Gasteiger partial charge in [0.2, 0.25) is 5.91 Å². The van der Waals surface area contributed by atoms with Gasteiger partial charge in [0.1, 0.15) is 32.4 Å². The van der Waals surface area contributed by atoms with E-state index in [0.717, 1.165) is 40.2 Å². The van der Waals surface area contributed by atoms with Gasteiger partial charge in [-0.3, -0.25) is 9.59 Å². The van der Waals surface area contributed by atoms with Crippen LogP contribution < -0.4 is 11.1 Å². The predicted molar refractivity (Wildman–Crippen MR) is 416 cm³/mol. The Balaban J connectivity index is 0. The van der Waals surface area contributed by atoms with Crippen molar-refractivity contribution in [1.82, 2.24) is 5.32 Å². The third-order valence-corrected chi connectivity index (χ3v) is 16.6. The third kappa shape index (κ3) is 43.3. The maximum Gasteiger partial charge on any atom is 0.303 e. The number of aliphatic hydroxyl groups is 3. The molecule has 23 nitrogen and oxygen atoms in total. The summed E-state index contributed by atoms with van der Waals surface area (Å²) in [6.07, 6.45) is -1.50. The van der Waals surface area contributed by atoms with Crippen molar-refractivity contribution in [1.29, 1.82) is 0 Å². The van der Waals surface area contributed by atoms with Crippen LogP contribution in [0.5, 0.6) is 0 Å². The van der Waals surface area contributed by atoms with Crippen molar-refractivity contribution in [3.05, 3.63) is 226 Å². The predicted octanol–water partition coefficient (Wildman–Crippen LogP) is 14.2. The van der Waals surface area contributed by atoms with Gasteiger partial charge < -0.3 is 88.3 Å². The average molecular weight is 1500 g/mol. The minimum atomic E-state index is -0.745. The average Bonchev–Trinajstić information content (AvgIpc) is 0.806. The minimum Gasteiger partial charge on any atom is -0.481 e. The lowest BCUT2D eigenvalue weighted by molar-refractivity contribution is -0.304. The van der Waals surface area contributed by atoms with Gasteiger partial charge in [0.05, 0.1) is 102 Å². The van der Waals surface area contributed by atoms with E-state index >= 15 is 0 Å². The summed E-state index contributed by atoms with van der Waals surface area (Å²) in [5.41, 5.74) is 19.6. The van der Waals surface area contributed by atoms with E-state index in [4.69, 9.17) is 79.1 Å². The summed E-state index contributed by atoms with van der Waals surface area (Å²) in [4.78, 5) is 23.0. The van der Waals surface area contributed by atoms with Crippen molar-refractivity contribution in [2.75, 3.05) is 91.3 Å². The van der Waals surface area contributed by atoms with Crippen LogP contribution in [0.1, 0.15) is 111 Å². The fourth-order valence-corrected chi connectivity index (χ4v) is 11.2. The zero-order valence-corrected chi connectivity index (χ0v) is 59.0. The maximum atomic E-state index is 11.1. The molecule has 2 aliphatic rings. The number of carbonyl (C=O) groups excluding carboxylic acids is 1. The Morgan fingerprint density at radius 2 is 0.856 bits per heavy atom. The molecule has 0 aliphatic carbocycles. The number of hydrogen-bond acceptors (Lipinski definition) is 21. The number of carbonyl (C=O) groups is 2. The number of carboxylic acids is 1. The number of ether oxygens (including phenoxy) is 12. The van der Waals surface area contributed by atoms with Gasteiger partial charge in [-0.25, -0.2) is 0 Å². The molecule has 2 fully saturated rings. The lowest BCUT2D eigenvalue weighted by Gasteiger charge is -2.45. The molecule has 0 spiro atoms. The number of nitrogens with zero attached hydrogens (tertiary/aromatic N) is 3. The molecule has 0 bridgehead atoms. The Labute approximate surface area is 629 Å². The summed E-state index contributed by atoms with van der Waals surface area (Å²) >= 11 is 3.42. The Morgan fingerprint density at radius 1 is 0.500 bits per heavy atom. The Morgan fingerprint density at radius 3 is 1.20 bits per heavy atom. The van der Waals surface area contributed by atoms with Crippen molar-refractivity contribution < 1.29 is 86.9 Å². The summed E-state index contributed by atoms with van der Waals surface area (Å²) in [7, 11) is 0. The fourth-order valence-electron chi connectivity index (χ4n) is 9.71. The summed E-state index contributed by atoms with van der Waals surface area (Å²) in [6, 6.07) is 61.4. The summed E-state index contributed by atoms with van der Waals surface area (Å²) in [5, 5.41) is 38.1. The first-order valence-electron chi connectivity index (χ1n) is 33.2. The number of rotatable bonds is 40. The van der Waals surface area contributed by atoms with E-state index in [9.17, 15) is 9.59 Å². The smallest absolute Gasteiger partial charge is 0.303 e. The van der Waals surface area contributed by atoms with Crippen LogP contribution in [0.3, 0.4) is 0 Å². The van der Waals surface area contributed by atoms with Crippen LogP contribution in [0.4, 0.5) is 0 Å². The molecule has 2 aliphatic heterocycles. The molecular weight excluding hydrogens is 1370 g/mol. The van der Waals surface area contributed by atoms with Crippen molar-refractivity contribution >= 4 is 35.4 Å². The number of benzene rings is 6. The Bertz CT molecular complexity index is 2960. The number of hydrogen-bond donors (Lipinski definition) is 6. The summed E-state index contributed by atoms with van der Waals surface area (Å²) in [5.74, 6) is 1.63. The lowest BCUT2D eigenvalue weighted by Crippen LogP contribution is -2.57. The molecule has 10 atom stereocenters. The third-order valence-electron chi connectivity index (χ3n) is 14.9. The number of carboxylic acid groups (broad SMARTS) is 1. The Kier molecular flexibility index (Phi) is 62.3. The molecule has 2 saturated heterocycles. The molecule has 10 unspecified atom stereocenters. The number of amides is 1. The van der Waals surface area contributed by atoms with Gasteiger partial charge in [-0.05, 0) is 45.3 Å². The normalized spacial score (nSPS) is 19.0. The van der Waals surface area contributed by atoms with E-state index in [1.807, 2.05) is 121 Å². The SMILES string of the molecule is C.C.C.C.C.CC1C(COCCOCCNC(=O)CO)OC(OCSCc2ccccc2)C(OCc2ccccc2)C1OCc1ccccc1.CCC(=O)O.CCC1OC(OCSCc2ccccc2)C(OCc2ccccc2)C(OCc2ccccc2)C1C.NCCOCO.[N-]=[N+]=NCCOCO. The van der Waals surface area contributed by atoms with E-state index in [1.54, 1.807) is 30.4 Å². The van der Waals surface area contributed by atoms with E-state index < -0.39 is 37.2 Å². The molecule has 0 saturated carbocycles. The van der Waals surface area contributed by atoms with E-state index in [1.165, 1.54) is 11.1 Å². The van der Waals surface area contributed by atoms with Crippen molar-refractivity contribution in [2.45, 2.75) is 165 Å². The highest BCUT2D eigenvalue weighted by atomic mass is 32.2. The quantitative estimate of drug-likeness (QED) is 0.00684. The molecule has 6 aromatic carbocycles. The van der Waals surface area contributed by atoms with Crippen LogP contribution in [-0.2, 0) is 104 Å². The topological polar surface area (TPSA) is 313 Å². The second kappa shape index (κ2) is 65.0. The van der Waals surface area contributed by atoms with Gasteiger partial charge in [-0.2, -0.15) is 0 Å². The molecule has 7 N–H and O–H groups in total. The molecule has 2 heterocycles. The second-order valence-electron chi connectivity index (χ2n) is 22.3. The van der Waals surface area contributed by atoms with Crippen molar-refractivity contribution in [2.24, 2.45) is 22.7 Å². The molecule has 0 radical (unpaired) electrons. The number of aliphatic carboxylic acids is 1. The zero-order chi connectivity index (χ0) is 71.2. The first-order chi connectivity index (χ1) is 48.5. The summed E-state index contributed by atoms with van der Waals surface area (Å²) < 4.78 is 72.1. The number of azide groups is 1. The monoisotopic (exact) mass is 1490 g/mol. The first kappa shape index (κ1) is 99.7. The molecule has 1 amide bonds. The van der Waals surface area contributed by atoms with Gasteiger partial charge in [0.25, 0.3) is 0 Å². The molecule has 584 valence electrons. The molecule has 0 aromatic heterocycles. The van der Waals surface area contributed by atoms with Crippen LogP contribution in [0, 0.1) is 11.8 Å². The highest BCUT2D eigenvalue weighted by Gasteiger charge is 2.47. The number of nitrogens with one attached hydrogen (secondary N) is 1. The maximum absolute atomic E-state index is 11.1. The zero-order valence-electron chi connectivity index (χ0n) is 57.4. The molecule has 25 heteroatoms. The molecule has 6 aromatic rings. The lowest BCUT2D eigenvalue weighted by atomic mass is 9.89. The number of aliphatic hydroxyl groups excluding tert-OH is 3. The van der Waals surface area contributed by atoms with Gasteiger partial charge in [0, 0.05) is 54.3 Å². The number of thioether (sulfide) groups is 2. The van der Waals surface area contributed by atoms with E-state index in [0.29, 0.717) is 84.4 Å². The number of nitrogens with two attached hydrogens (primary N) is 1. The highest BCUT2D eigenvalue weighted by Crippen LogP contribution is 2.36. The Hall–Kier alpha value is -6.37.